The maximum Gasteiger partial charge on any atom is 0.677 e. The molecular weight excluding hydrogens is 359 g/mol. The minimum absolute atomic E-state index is 0.0251. The molecule has 0 radical (unpaired) electrons. The van der Waals surface area contributed by atoms with Crippen LogP contribution in [0.25, 0.3) is 5.57 Å². The fraction of sp³-hybridized carbons (Fsp3) is 0.294. The molecular formula is C17H16BF2N3O4. The van der Waals surface area contributed by atoms with Crippen LogP contribution in [0.1, 0.15) is 37.8 Å². The predicted octanol–water partition coefficient (Wildman–Crippen LogP) is 2.39. The first-order chi connectivity index (χ1) is 13.0. The van der Waals surface area contributed by atoms with Gasteiger partial charge < -0.3 is 9.32 Å². The largest absolute Gasteiger partial charge is 0.677 e. The van der Waals surface area contributed by atoms with Crippen molar-refractivity contribution in [3.63, 3.8) is 0 Å². The highest BCUT2D eigenvalue weighted by Crippen LogP contribution is 2.28. The lowest BCUT2D eigenvalue weighted by molar-refractivity contribution is -0.197. The third kappa shape index (κ3) is 4.21. The minimum Gasteiger partial charge on any atom is -0.332 e. The molecule has 27 heavy (non-hydrogen) atoms. The molecule has 10 heteroatoms. The van der Waals surface area contributed by atoms with E-state index >= 15 is 0 Å². The number of halogens is 2. The lowest BCUT2D eigenvalue weighted by Crippen LogP contribution is -2.31. The molecule has 3 rings (SSSR count). The van der Waals surface area contributed by atoms with E-state index in [0.29, 0.717) is 28.4 Å². The molecule has 0 N–H and O–H groups in total. The number of carbonyl (C=O) groups is 3. The van der Waals surface area contributed by atoms with Gasteiger partial charge in [0.05, 0.1) is 5.70 Å². The van der Waals surface area contributed by atoms with Gasteiger partial charge in [0.15, 0.2) is 0 Å². The number of imide groups is 1. The zero-order valence-electron chi connectivity index (χ0n) is 14.3. The number of nitrogens with zero attached hydrogens (tertiary/aromatic N) is 3. The summed E-state index contributed by atoms with van der Waals surface area (Å²) < 4.78 is 27.2. The van der Waals surface area contributed by atoms with Gasteiger partial charge in [-0.3, -0.25) is 23.2 Å². The summed E-state index contributed by atoms with van der Waals surface area (Å²) in [6, 6.07) is 3.08. The van der Waals surface area contributed by atoms with Crippen molar-refractivity contribution in [3.05, 3.63) is 41.9 Å². The number of aromatic nitrogens is 1. The van der Waals surface area contributed by atoms with E-state index in [9.17, 15) is 23.0 Å². The first kappa shape index (κ1) is 18.7. The maximum absolute atomic E-state index is 13.2. The van der Waals surface area contributed by atoms with Crippen molar-refractivity contribution in [1.29, 1.82) is 0 Å². The summed E-state index contributed by atoms with van der Waals surface area (Å²) in [5.74, 6) is -1.81. The van der Waals surface area contributed by atoms with Gasteiger partial charge in [0.1, 0.15) is 0 Å². The summed E-state index contributed by atoms with van der Waals surface area (Å²) in [4.78, 5) is 43.8. The molecule has 2 aliphatic heterocycles. The lowest BCUT2D eigenvalue weighted by Gasteiger charge is -2.14. The van der Waals surface area contributed by atoms with E-state index in [-0.39, 0.29) is 25.7 Å². The van der Waals surface area contributed by atoms with E-state index < -0.39 is 25.2 Å². The molecule has 0 aliphatic carbocycles. The highest BCUT2D eigenvalue weighted by atomic mass is 19.2. The smallest absolute Gasteiger partial charge is 0.332 e. The van der Waals surface area contributed by atoms with Crippen molar-refractivity contribution < 1.29 is 27.9 Å². The van der Waals surface area contributed by atoms with Crippen LogP contribution in [0.3, 0.4) is 0 Å². The van der Waals surface area contributed by atoms with E-state index in [1.54, 1.807) is 24.4 Å². The van der Waals surface area contributed by atoms with Crippen molar-refractivity contribution in [2.75, 3.05) is 0 Å². The van der Waals surface area contributed by atoms with Gasteiger partial charge in [-0.05, 0) is 43.3 Å². The molecule has 0 aromatic carbocycles. The molecule has 7 nitrogen and oxygen atoms in total. The van der Waals surface area contributed by atoms with Crippen LogP contribution < -0.4 is 0 Å². The zero-order chi connectivity index (χ0) is 19.4. The SMILES string of the molecule is O=C(CCC/C(=C1\C=CC=N1)c1cccn1B(F)F)ON1C(=O)CCC1=O. The third-order valence-electron chi connectivity index (χ3n) is 4.17. The zero-order valence-corrected chi connectivity index (χ0v) is 14.3. The number of carbonyl (C=O) groups excluding carboxylic acids is 3. The topological polar surface area (TPSA) is 81.0 Å². The summed E-state index contributed by atoms with van der Waals surface area (Å²) in [5.41, 5.74) is 1.45. The Morgan fingerprint density at radius 1 is 1.22 bits per heavy atom. The van der Waals surface area contributed by atoms with Crippen molar-refractivity contribution in [3.8, 4) is 0 Å². The van der Waals surface area contributed by atoms with E-state index in [0.717, 1.165) is 4.48 Å². The Balaban J connectivity index is 1.65. The van der Waals surface area contributed by atoms with Crippen molar-refractivity contribution >= 4 is 37.0 Å². The van der Waals surface area contributed by atoms with Crippen LogP contribution in [0.15, 0.2) is 41.2 Å². The van der Waals surface area contributed by atoms with Gasteiger partial charge in [0.25, 0.3) is 11.8 Å². The number of hydrogen-bond acceptors (Lipinski definition) is 5. The van der Waals surface area contributed by atoms with E-state index in [1.807, 2.05) is 0 Å². The first-order valence-corrected chi connectivity index (χ1v) is 8.43. The summed E-state index contributed by atoms with van der Waals surface area (Å²) in [7, 11) is -2.70. The fourth-order valence-electron chi connectivity index (χ4n) is 2.90. The Bertz CT molecular complexity index is 830. The van der Waals surface area contributed by atoms with Crippen molar-refractivity contribution in [2.24, 2.45) is 4.99 Å². The van der Waals surface area contributed by atoms with Crippen molar-refractivity contribution in [1.82, 2.24) is 9.54 Å². The predicted molar refractivity (Wildman–Crippen MR) is 93.4 cm³/mol. The standard InChI is InChI=1S/C17H16BF2N3O4/c19-18(20)22-11-3-6-14(22)12(13-5-2-10-21-13)4-1-7-17(26)27-23-15(24)8-9-16(23)25/h2-3,5-6,10-11H,1,4,7-9H2/b13-12-. The second-order valence-electron chi connectivity index (χ2n) is 5.98. The molecule has 0 spiro atoms. The summed E-state index contributed by atoms with van der Waals surface area (Å²) >= 11 is 0. The number of amides is 2. The van der Waals surface area contributed by atoms with Crippen LogP contribution in [0, 0.1) is 0 Å². The Labute approximate surface area is 154 Å². The van der Waals surface area contributed by atoms with Gasteiger partial charge in [0, 0.05) is 36.7 Å². The number of aliphatic imine (C=N–C) groups is 1. The molecule has 0 saturated carbocycles. The quantitative estimate of drug-likeness (QED) is 0.542. The molecule has 0 atom stereocenters. The Morgan fingerprint density at radius 3 is 2.59 bits per heavy atom. The number of rotatable bonds is 7. The summed E-state index contributed by atoms with van der Waals surface area (Å²) in [6.45, 7) is 0. The number of hydroxylamine groups is 2. The van der Waals surface area contributed by atoms with Gasteiger partial charge in [-0.25, -0.2) is 4.79 Å². The second kappa shape index (κ2) is 8.11. The fourth-order valence-corrected chi connectivity index (χ4v) is 2.90. The average molecular weight is 375 g/mol. The summed E-state index contributed by atoms with van der Waals surface area (Å²) in [5, 5.41) is 0.494. The van der Waals surface area contributed by atoms with Gasteiger partial charge in [0.2, 0.25) is 0 Å². The first-order valence-electron chi connectivity index (χ1n) is 8.43. The molecule has 2 aliphatic rings. The van der Waals surface area contributed by atoms with Gasteiger partial charge in [-0.2, -0.15) is 0 Å². The van der Waals surface area contributed by atoms with E-state index in [1.165, 1.54) is 12.3 Å². The van der Waals surface area contributed by atoms with Gasteiger partial charge in [-0.1, -0.05) is 0 Å². The molecule has 0 unspecified atom stereocenters. The molecule has 1 aromatic heterocycles. The van der Waals surface area contributed by atoms with Crippen LogP contribution in [-0.4, -0.2) is 40.9 Å². The van der Waals surface area contributed by atoms with Crippen LogP contribution in [0.2, 0.25) is 0 Å². The Morgan fingerprint density at radius 2 is 1.96 bits per heavy atom. The van der Waals surface area contributed by atoms with Crippen LogP contribution >= 0.6 is 0 Å². The Hall–Kier alpha value is -3.04. The molecule has 1 aromatic rings. The average Bonchev–Trinajstić information content (AvgIpc) is 3.37. The van der Waals surface area contributed by atoms with Gasteiger partial charge in [-0.15, -0.1) is 5.06 Å². The number of hydrogen-bond donors (Lipinski definition) is 0. The molecule has 2 amide bonds. The van der Waals surface area contributed by atoms with E-state index in [4.69, 9.17) is 4.84 Å². The van der Waals surface area contributed by atoms with Crippen LogP contribution in [-0.2, 0) is 19.2 Å². The van der Waals surface area contributed by atoms with Crippen molar-refractivity contribution in [2.45, 2.75) is 32.1 Å². The highest BCUT2D eigenvalue weighted by Gasteiger charge is 2.32. The molecule has 1 fully saturated rings. The maximum atomic E-state index is 13.2. The minimum atomic E-state index is -2.70. The second-order valence-corrected chi connectivity index (χ2v) is 5.98. The van der Waals surface area contributed by atoms with Crippen LogP contribution in [0.5, 0.6) is 0 Å². The summed E-state index contributed by atoms with van der Waals surface area (Å²) in [6.07, 6.45) is 6.80. The molecule has 1 saturated heterocycles. The monoisotopic (exact) mass is 375 g/mol. The molecule has 0 bridgehead atoms. The third-order valence-corrected chi connectivity index (χ3v) is 4.17. The normalized spacial score (nSPS) is 17.8. The molecule has 140 valence electrons. The van der Waals surface area contributed by atoms with Crippen LogP contribution in [0.4, 0.5) is 8.63 Å². The Kier molecular flexibility index (Phi) is 5.63. The number of allylic oxidation sites excluding steroid dienone is 3. The molecule has 3 heterocycles. The highest BCUT2D eigenvalue weighted by molar-refractivity contribution is 6.41. The lowest BCUT2D eigenvalue weighted by atomic mass is 10.0. The van der Waals surface area contributed by atoms with E-state index in [2.05, 4.69) is 4.99 Å². The van der Waals surface area contributed by atoms with Gasteiger partial charge >= 0.3 is 13.4 Å².